The summed E-state index contributed by atoms with van der Waals surface area (Å²) in [4.78, 5) is 13.1. The standard InChI is InChI=1S/C62H121NO8/c1-3-5-7-9-11-13-15-17-19-21-23-25-27-28-30-31-33-35-37-39-41-43-45-47-49-51-56(65)55(54-70-62-61(69)60(68)59(67)57(53-64)71-62)63-58(66)52-50-48-46-44-42-40-38-36-34-32-29-26-24-22-20-18-16-14-12-10-8-6-4-2/h22,24,55-57,59-62,64-65,67-69H,3-21,23,25-54H2,1-2H3,(H,63,66)/b24-22-. The van der Waals surface area contributed by atoms with Crippen LogP contribution in [0.4, 0.5) is 0 Å². The lowest BCUT2D eigenvalue weighted by molar-refractivity contribution is -0.302. The lowest BCUT2D eigenvalue weighted by atomic mass is 9.99. The first-order valence-electron chi connectivity index (χ1n) is 31.4. The van der Waals surface area contributed by atoms with Gasteiger partial charge in [-0.3, -0.25) is 4.79 Å². The maximum atomic E-state index is 13.1. The third kappa shape index (κ3) is 41.8. The topological polar surface area (TPSA) is 149 Å². The summed E-state index contributed by atoms with van der Waals surface area (Å²) in [5, 5.41) is 54.8. The summed E-state index contributed by atoms with van der Waals surface area (Å²) >= 11 is 0. The molecule has 0 aliphatic carbocycles. The molecule has 0 saturated carbocycles. The van der Waals surface area contributed by atoms with Crippen LogP contribution < -0.4 is 5.32 Å². The highest BCUT2D eigenvalue weighted by atomic mass is 16.7. The number of carbonyl (C=O) groups excluding carboxylic acids is 1. The second kappa shape index (κ2) is 52.4. The number of nitrogens with one attached hydrogen (secondary N) is 1. The van der Waals surface area contributed by atoms with Gasteiger partial charge in [0.05, 0.1) is 25.4 Å². The Hall–Kier alpha value is -1.07. The Morgan fingerprint density at radius 2 is 0.789 bits per heavy atom. The van der Waals surface area contributed by atoms with E-state index in [1.165, 1.54) is 257 Å². The van der Waals surface area contributed by atoms with Crippen LogP contribution in [-0.4, -0.2) is 87.5 Å². The molecule has 1 saturated heterocycles. The molecule has 9 nitrogen and oxygen atoms in total. The number of amides is 1. The highest BCUT2D eigenvalue weighted by Crippen LogP contribution is 2.24. The number of aliphatic hydroxyl groups is 5. The van der Waals surface area contributed by atoms with Gasteiger partial charge in [-0.05, 0) is 38.5 Å². The van der Waals surface area contributed by atoms with Crippen molar-refractivity contribution >= 4 is 5.91 Å². The van der Waals surface area contributed by atoms with Crippen LogP contribution in [0.25, 0.3) is 0 Å². The maximum absolute atomic E-state index is 13.1. The van der Waals surface area contributed by atoms with Gasteiger partial charge in [-0.15, -0.1) is 0 Å². The van der Waals surface area contributed by atoms with E-state index in [0.717, 1.165) is 38.5 Å². The molecule has 6 N–H and O–H groups in total. The molecule has 422 valence electrons. The molecule has 1 aliphatic heterocycles. The zero-order chi connectivity index (χ0) is 51.5. The Labute approximate surface area is 439 Å². The molecule has 1 heterocycles. The molecule has 1 aliphatic rings. The van der Waals surface area contributed by atoms with Crippen LogP contribution in [0.5, 0.6) is 0 Å². The van der Waals surface area contributed by atoms with E-state index in [9.17, 15) is 30.3 Å². The number of hydrogen-bond acceptors (Lipinski definition) is 8. The fourth-order valence-corrected chi connectivity index (χ4v) is 10.4. The Bertz CT molecular complexity index is 1120. The minimum Gasteiger partial charge on any atom is -0.394 e. The van der Waals surface area contributed by atoms with Gasteiger partial charge in [-0.2, -0.15) is 0 Å². The number of unbranched alkanes of at least 4 members (excludes halogenated alkanes) is 43. The molecule has 7 atom stereocenters. The lowest BCUT2D eigenvalue weighted by Gasteiger charge is -2.40. The van der Waals surface area contributed by atoms with Crippen molar-refractivity contribution in [1.82, 2.24) is 5.32 Å². The Balaban J connectivity index is 2.16. The molecule has 9 heteroatoms. The summed E-state index contributed by atoms with van der Waals surface area (Å²) < 4.78 is 11.3. The maximum Gasteiger partial charge on any atom is 0.220 e. The van der Waals surface area contributed by atoms with Crippen molar-refractivity contribution in [2.45, 2.75) is 365 Å². The van der Waals surface area contributed by atoms with Crippen molar-refractivity contribution in [2.75, 3.05) is 13.2 Å². The van der Waals surface area contributed by atoms with Gasteiger partial charge in [0.15, 0.2) is 6.29 Å². The van der Waals surface area contributed by atoms with Crippen LogP contribution in [0.1, 0.15) is 322 Å². The van der Waals surface area contributed by atoms with Crippen molar-refractivity contribution in [1.29, 1.82) is 0 Å². The van der Waals surface area contributed by atoms with Gasteiger partial charge in [-0.25, -0.2) is 0 Å². The molecule has 1 amide bonds. The van der Waals surface area contributed by atoms with E-state index in [0.29, 0.717) is 12.8 Å². The predicted molar refractivity (Wildman–Crippen MR) is 300 cm³/mol. The molecule has 1 rings (SSSR count). The Morgan fingerprint density at radius 3 is 1.14 bits per heavy atom. The minimum absolute atomic E-state index is 0.133. The van der Waals surface area contributed by atoms with Crippen LogP contribution in [0.2, 0.25) is 0 Å². The zero-order valence-electron chi connectivity index (χ0n) is 47.0. The highest BCUT2D eigenvalue weighted by Gasteiger charge is 2.44. The number of carbonyl (C=O) groups is 1. The van der Waals surface area contributed by atoms with Crippen LogP contribution in [0.15, 0.2) is 12.2 Å². The van der Waals surface area contributed by atoms with Crippen LogP contribution >= 0.6 is 0 Å². The van der Waals surface area contributed by atoms with E-state index in [-0.39, 0.29) is 12.5 Å². The molecule has 1 fully saturated rings. The molecule has 71 heavy (non-hydrogen) atoms. The van der Waals surface area contributed by atoms with Gasteiger partial charge in [0.1, 0.15) is 24.4 Å². The van der Waals surface area contributed by atoms with E-state index in [1.807, 2.05) is 0 Å². The highest BCUT2D eigenvalue weighted by molar-refractivity contribution is 5.76. The normalized spacial score (nSPS) is 19.2. The smallest absolute Gasteiger partial charge is 0.220 e. The number of ether oxygens (including phenoxy) is 2. The average molecular weight is 1010 g/mol. The number of aliphatic hydroxyl groups excluding tert-OH is 5. The van der Waals surface area contributed by atoms with E-state index < -0.39 is 49.5 Å². The first kappa shape index (κ1) is 67.9. The Morgan fingerprint density at radius 1 is 0.465 bits per heavy atom. The van der Waals surface area contributed by atoms with Crippen molar-refractivity contribution in [2.24, 2.45) is 0 Å². The molecule has 0 bridgehead atoms. The summed E-state index contributed by atoms with van der Waals surface area (Å²) in [6.07, 6.45) is 58.2. The van der Waals surface area contributed by atoms with E-state index in [4.69, 9.17) is 9.47 Å². The quantitative estimate of drug-likeness (QED) is 0.0261. The first-order valence-corrected chi connectivity index (χ1v) is 31.4. The fourth-order valence-electron chi connectivity index (χ4n) is 10.4. The molecule has 0 aromatic heterocycles. The van der Waals surface area contributed by atoms with Gasteiger partial charge < -0.3 is 40.3 Å². The van der Waals surface area contributed by atoms with Crippen molar-refractivity contribution in [3.8, 4) is 0 Å². The van der Waals surface area contributed by atoms with Gasteiger partial charge in [-0.1, -0.05) is 289 Å². The lowest BCUT2D eigenvalue weighted by Crippen LogP contribution is -2.60. The SMILES string of the molecule is CCCCCCCCCC/C=C\CCCCCCCCCCCCCC(=O)NC(COC1OC(CO)C(O)C(O)C1O)C(O)CCCCCCCCCCCCCCCCCCCCCCCCCCC. The van der Waals surface area contributed by atoms with Gasteiger partial charge >= 0.3 is 0 Å². The molecule has 7 unspecified atom stereocenters. The van der Waals surface area contributed by atoms with Crippen molar-refractivity contribution < 1.29 is 39.8 Å². The molecular formula is C62H121NO8. The zero-order valence-corrected chi connectivity index (χ0v) is 47.0. The van der Waals surface area contributed by atoms with E-state index >= 15 is 0 Å². The molecular weight excluding hydrogens is 887 g/mol. The number of allylic oxidation sites excluding steroid dienone is 2. The Kier molecular flexibility index (Phi) is 50.1. The van der Waals surface area contributed by atoms with Gasteiger partial charge in [0.2, 0.25) is 5.91 Å². The molecule has 0 radical (unpaired) electrons. The summed E-state index contributed by atoms with van der Waals surface area (Å²) in [5.74, 6) is -0.139. The summed E-state index contributed by atoms with van der Waals surface area (Å²) in [6.45, 7) is 3.89. The third-order valence-corrected chi connectivity index (χ3v) is 15.4. The van der Waals surface area contributed by atoms with Gasteiger partial charge in [0.25, 0.3) is 0 Å². The molecule has 0 aromatic carbocycles. The minimum atomic E-state index is -1.55. The average Bonchev–Trinajstić information content (AvgIpc) is 3.37. The van der Waals surface area contributed by atoms with Crippen LogP contribution in [-0.2, 0) is 14.3 Å². The first-order chi connectivity index (χ1) is 34.8. The summed E-state index contributed by atoms with van der Waals surface area (Å²) in [7, 11) is 0. The van der Waals surface area contributed by atoms with E-state index in [1.54, 1.807) is 0 Å². The molecule has 0 spiro atoms. The second-order valence-electron chi connectivity index (χ2n) is 22.2. The number of rotatable bonds is 55. The fraction of sp³-hybridized carbons (Fsp3) is 0.952. The monoisotopic (exact) mass is 1010 g/mol. The second-order valence-corrected chi connectivity index (χ2v) is 22.2. The summed E-state index contributed by atoms with van der Waals surface area (Å²) in [6, 6.07) is -0.717. The number of hydrogen-bond donors (Lipinski definition) is 6. The summed E-state index contributed by atoms with van der Waals surface area (Å²) in [5.41, 5.74) is 0. The molecule has 0 aromatic rings. The van der Waals surface area contributed by atoms with Gasteiger partial charge in [0, 0.05) is 6.42 Å². The largest absolute Gasteiger partial charge is 0.394 e. The predicted octanol–water partition coefficient (Wildman–Crippen LogP) is 16.0. The van der Waals surface area contributed by atoms with E-state index in [2.05, 4.69) is 31.3 Å². The van der Waals surface area contributed by atoms with Crippen molar-refractivity contribution in [3.63, 3.8) is 0 Å². The van der Waals surface area contributed by atoms with Crippen LogP contribution in [0.3, 0.4) is 0 Å². The van der Waals surface area contributed by atoms with Crippen molar-refractivity contribution in [3.05, 3.63) is 12.2 Å². The third-order valence-electron chi connectivity index (χ3n) is 15.4. The van der Waals surface area contributed by atoms with Crippen LogP contribution in [0, 0.1) is 0 Å².